The Balaban J connectivity index is 0.987. The summed E-state index contributed by atoms with van der Waals surface area (Å²) in [6.45, 7) is 0. The molecule has 1 N–H and O–H groups in total. The van der Waals surface area contributed by atoms with Crippen molar-refractivity contribution < 1.29 is 13.7 Å². The van der Waals surface area contributed by atoms with Gasteiger partial charge < -0.3 is 13.7 Å². The molecule has 68 heavy (non-hydrogen) atoms. The predicted molar refractivity (Wildman–Crippen MR) is 284 cm³/mol. The van der Waals surface area contributed by atoms with Crippen molar-refractivity contribution in [3.63, 3.8) is 0 Å². The molecule has 4 heteroatoms. The fourth-order valence-electron chi connectivity index (χ4n) is 12.6. The van der Waals surface area contributed by atoms with Crippen LogP contribution in [0.1, 0.15) is 87.2 Å². The molecule has 4 nitrogen and oxygen atoms in total. The van der Waals surface area contributed by atoms with Crippen molar-refractivity contribution in [3.05, 3.63) is 193 Å². The van der Waals surface area contributed by atoms with Crippen molar-refractivity contribution in [1.29, 1.82) is 0 Å². The van der Waals surface area contributed by atoms with Crippen LogP contribution in [-0.4, -0.2) is 0 Å². The third kappa shape index (κ3) is 6.38. The van der Waals surface area contributed by atoms with E-state index in [4.69, 9.17) is 8.83 Å². The van der Waals surface area contributed by atoms with Crippen LogP contribution in [-0.2, 0) is 0 Å². The van der Waals surface area contributed by atoms with E-state index in [1.165, 1.54) is 124 Å². The number of benzene rings is 10. The number of rotatable bonds is 8. The van der Waals surface area contributed by atoms with Crippen molar-refractivity contribution in [2.75, 3.05) is 4.90 Å². The summed E-state index contributed by atoms with van der Waals surface area (Å²) < 4.78 is 13.7. The van der Waals surface area contributed by atoms with E-state index >= 15 is 0 Å². The van der Waals surface area contributed by atoms with Crippen LogP contribution in [0.2, 0.25) is 0 Å². The standard InChI is InChI=1S/C64H52N2O2/c1-3-13-41(14-4-1)43-25-33-47(34-26-43)65(57-21-11-19-51-49-17-7-9-23-59(49)67-63(51)57)55-39-31-45-30-38-54-56(40-32-46-29-37-53(55)61(45)62(46)54)66(48-35-27-44(28-36-48)42-15-5-2-6-16-42)58-22-12-20-52-50-18-8-10-24-60(50)68-64(52)58/h7-12,17-42H,1-6,13-16H2/p+1. The van der Waals surface area contributed by atoms with Crippen LogP contribution in [0.15, 0.2) is 191 Å². The maximum absolute atomic E-state index is 6.84. The molecule has 0 bridgehead atoms. The SMILES string of the molecule is c1ccc2c(c1)oc1c(N(c3ccc(C4CCCCC4)cc3)c3ccc4ccc5c([NH+](c6ccc(C7CCCCC7)cc6)c6cccc7c6oc6ccccc67)ccc6ccc3c4c65)cccc12. The van der Waals surface area contributed by atoms with Crippen LogP contribution in [0.5, 0.6) is 0 Å². The number of anilines is 3. The maximum atomic E-state index is 6.84. The fourth-order valence-corrected chi connectivity index (χ4v) is 12.6. The van der Waals surface area contributed by atoms with Gasteiger partial charge in [-0.25, -0.2) is 4.90 Å². The van der Waals surface area contributed by atoms with Gasteiger partial charge >= 0.3 is 0 Å². The third-order valence-electron chi connectivity index (χ3n) is 16.0. The third-order valence-corrected chi connectivity index (χ3v) is 16.0. The first-order valence-electron chi connectivity index (χ1n) is 25.1. The smallest absolute Gasteiger partial charge is 0.196 e. The van der Waals surface area contributed by atoms with Gasteiger partial charge in [0, 0.05) is 67.7 Å². The minimum absolute atomic E-state index is 0.629. The molecule has 0 radical (unpaired) electrons. The number of para-hydroxylation sites is 4. The molecule has 2 heterocycles. The highest BCUT2D eigenvalue weighted by Gasteiger charge is 2.30. The zero-order valence-corrected chi connectivity index (χ0v) is 38.3. The number of nitrogens with one attached hydrogen (secondary N) is 1. The molecule has 0 spiro atoms. The average molecular weight is 882 g/mol. The summed E-state index contributed by atoms with van der Waals surface area (Å²) >= 11 is 0. The normalized spacial score (nSPS) is 15.8. The predicted octanol–water partition coefficient (Wildman–Crippen LogP) is 18.1. The Labute approximate surface area is 396 Å². The second-order valence-electron chi connectivity index (χ2n) is 19.7. The van der Waals surface area contributed by atoms with E-state index < -0.39 is 0 Å². The molecule has 2 fully saturated rings. The Morgan fingerprint density at radius 2 is 0.897 bits per heavy atom. The highest BCUT2D eigenvalue weighted by atomic mass is 16.3. The zero-order valence-electron chi connectivity index (χ0n) is 38.3. The van der Waals surface area contributed by atoms with Crippen molar-refractivity contribution in [1.82, 2.24) is 0 Å². The van der Waals surface area contributed by atoms with Crippen LogP contribution in [0, 0.1) is 0 Å². The van der Waals surface area contributed by atoms with Crippen LogP contribution in [0.4, 0.5) is 34.1 Å². The fraction of sp³-hybridized carbons (Fsp3) is 0.188. The largest absolute Gasteiger partial charge is 0.454 e. The molecule has 0 amide bonds. The van der Waals surface area contributed by atoms with Crippen LogP contribution in [0.3, 0.4) is 0 Å². The Bertz CT molecular complexity index is 3580. The van der Waals surface area contributed by atoms with Crippen molar-refractivity contribution in [2.45, 2.75) is 76.0 Å². The van der Waals surface area contributed by atoms with Gasteiger partial charge in [0.05, 0.1) is 11.4 Å². The number of hydrogen-bond donors (Lipinski definition) is 1. The van der Waals surface area contributed by atoms with Crippen LogP contribution < -0.4 is 9.80 Å². The molecule has 2 aliphatic carbocycles. The highest BCUT2D eigenvalue weighted by molar-refractivity contribution is 6.27. The molecule has 330 valence electrons. The van der Waals surface area contributed by atoms with Crippen molar-refractivity contribution in [2.24, 2.45) is 0 Å². The molecule has 0 saturated heterocycles. The molecule has 2 aliphatic rings. The molecule has 2 saturated carbocycles. The van der Waals surface area contributed by atoms with Gasteiger partial charge in [-0.1, -0.05) is 148 Å². The monoisotopic (exact) mass is 881 g/mol. The van der Waals surface area contributed by atoms with Gasteiger partial charge in [-0.2, -0.15) is 0 Å². The topological polar surface area (TPSA) is 34.0 Å². The van der Waals surface area contributed by atoms with Crippen molar-refractivity contribution >= 4 is 110 Å². The number of fused-ring (bicyclic) bond motifs is 6. The number of furan rings is 2. The quantitative estimate of drug-likeness (QED) is 0.154. The molecule has 0 aliphatic heterocycles. The first-order valence-corrected chi connectivity index (χ1v) is 25.1. The second-order valence-corrected chi connectivity index (χ2v) is 19.7. The van der Waals surface area contributed by atoms with Gasteiger partial charge in [-0.05, 0) is 113 Å². The Hall–Kier alpha value is -7.40. The van der Waals surface area contributed by atoms with Crippen molar-refractivity contribution in [3.8, 4) is 0 Å². The summed E-state index contributed by atoms with van der Waals surface area (Å²) in [5, 5.41) is 12.0. The molecule has 2 aromatic heterocycles. The lowest BCUT2D eigenvalue weighted by atomic mass is 9.84. The lowest BCUT2D eigenvalue weighted by Crippen LogP contribution is -2.96. The van der Waals surface area contributed by atoms with Gasteiger partial charge in [0.1, 0.15) is 22.5 Å². The minimum Gasteiger partial charge on any atom is -0.454 e. The molecule has 1 atom stereocenters. The Morgan fingerprint density at radius 3 is 1.57 bits per heavy atom. The summed E-state index contributed by atoms with van der Waals surface area (Å²) in [6.07, 6.45) is 13.1. The first-order chi connectivity index (χ1) is 33.7. The Morgan fingerprint density at radius 1 is 0.368 bits per heavy atom. The van der Waals surface area contributed by atoms with Gasteiger partial charge in [0.15, 0.2) is 16.9 Å². The molecular formula is C64H53N2O2+. The lowest BCUT2D eigenvalue weighted by Gasteiger charge is -2.29. The van der Waals surface area contributed by atoms with E-state index in [1.807, 2.05) is 0 Å². The van der Waals surface area contributed by atoms with E-state index in [0.717, 1.165) is 66.6 Å². The Kier molecular flexibility index (Phi) is 9.43. The summed E-state index contributed by atoms with van der Waals surface area (Å²) in [7, 11) is 0. The molecule has 1 unspecified atom stereocenters. The lowest BCUT2D eigenvalue weighted by molar-refractivity contribution is -0.679. The molecular weight excluding hydrogens is 829 g/mol. The summed E-state index contributed by atoms with van der Waals surface area (Å²) in [4.78, 5) is 3.65. The first kappa shape index (κ1) is 39.7. The number of hydrogen-bond acceptors (Lipinski definition) is 3. The van der Waals surface area contributed by atoms with E-state index in [0.29, 0.717) is 11.8 Å². The van der Waals surface area contributed by atoms with E-state index in [-0.39, 0.29) is 0 Å². The van der Waals surface area contributed by atoms with Crippen LogP contribution in [0.25, 0.3) is 76.2 Å². The maximum Gasteiger partial charge on any atom is 0.196 e. The summed E-state index contributed by atoms with van der Waals surface area (Å²) in [5.74, 6) is 1.26. The highest BCUT2D eigenvalue weighted by Crippen LogP contribution is 2.48. The molecule has 12 aromatic rings. The van der Waals surface area contributed by atoms with Crippen LogP contribution >= 0.6 is 0 Å². The number of nitrogens with zero attached hydrogens (tertiary/aromatic N) is 1. The van der Waals surface area contributed by atoms with E-state index in [1.54, 1.807) is 0 Å². The zero-order chi connectivity index (χ0) is 44.7. The van der Waals surface area contributed by atoms with E-state index in [2.05, 4.69) is 187 Å². The summed E-state index contributed by atoms with van der Waals surface area (Å²) in [5.41, 5.74) is 13.4. The van der Waals surface area contributed by atoms with Gasteiger partial charge in [-0.3, -0.25) is 0 Å². The minimum atomic E-state index is 0.629. The molecule has 14 rings (SSSR count). The second kappa shape index (κ2) is 16.1. The van der Waals surface area contributed by atoms with Gasteiger partial charge in [0.25, 0.3) is 0 Å². The molecule has 10 aromatic carbocycles. The number of quaternary nitrogens is 1. The van der Waals surface area contributed by atoms with Gasteiger partial charge in [-0.15, -0.1) is 0 Å². The van der Waals surface area contributed by atoms with Gasteiger partial charge in [0.2, 0.25) is 0 Å². The summed E-state index contributed by atoms with van der Waals surface area (Å²) in [6, 6.07) is 68.0. The average Bonchev–Trinajstić information content (AvgIpc) is 3.99. The van der Waals surface area contributed by atoms with E-state index in [9.17, 15) is 0 Å².